The first kappa shape index (κ1) is 17.0. The highest BCUT2D eigenvalue weighted by Gasteiger charge is 2.00. The van der Waals surface area contributed by atoms with Gasteiger partial charge < -0.3 is 10.1 Å². The van der Waals surface area contributed by atoms with E-state index < -0.39 is 6.09 Å². The smallest absolute Gasteiger partial charge is 0.408 e. The van der Waals surface area contributed by atoms with Gasteiger partial charge in [0, 0.05) is 5.56 Å². The molecule has 2 rings (SSSR count). The van der Waals surface area contributed by atoms with Crippen molar-refractivity contribution in [1.29, 1.82) is 0 Å². The molecule has 0 saturated carbocycles. The number of carbonyl (C=O) groups is 2. The summed E-state index contributed by atoms with van der Waals surface area (Å²) in [4.78, 5) is 21.8. The SMILES string of the molecule is O=C/C=C/c1ccc(C#CCNC(=O)OCc2ccccc2)cc1. The van der Waals surface area contributed by atoms with Gasteiger partial charge in [0.25, 0.3) is 0 Å². The van der Waals surface area contributed by atoms with Gasteiger partial charge >= 0.3 is 6.09 Å². The van der Waals surface area contributed by atoms with Crippen LogP contribution in [-0.2, 0) is 16.1 Å². The molecule has 0 radical (unpaired) electrons. The topological polar surface area (TPSA) is 55.4 Å². The molecule has 1 N–H and O–H groups in total. The number of hydrogen-bond donors (Lipinski definition) is 1. The summed E-state index contributed by atoms with van der Waals surface area (Å²) >= 11 is 0. The lowest BCUT2D eigenvalue weighted by Gasteiger charge is -2.04. The molecule has 0 atom stereocenters. The molecule has 0 fully saturated rings. The fourth-order valence-corrected chi connectivity index (χ4v) is 1.86. The van der Waals surface area contributed by atoms with Crippen molar-refractivity contribution in [3.63, 3.8) is 0 Å². The van der Waals surface area contributed by atoms with Gasteiger partial charge in [0.1, 0.15) is 12.9 Å². The summed E-state index contributed by atoms with van der Waals surface area (Å²) in [5, 5.41) is 2.58. The average molecular weight is 319 g/mol. The zero-order valence-corrected chi connectivity index (χ0v) is 13.1. The van der Waals surface area contributed by atoms with E-state index in [2.05, 4.69) is 17.2 Å². The number of hydrogen-bond acceptors (Lipinski definition) is 3. The van der Waals surface area contributed by atoms with Crippen LogP contribution in [0.15, 0.2) is 60.7 Å². The van der Waals surface area contributed by atoms with Crippen LogP contribution in [0.2, 0.25) is 0 Å². The van der Waals surface area contributed by atoms with Crippen molar-refractivity contribution in [1.82, 2.24) is 5.32 Å². The van der Waals surface area contributed by atoms with Gasteiger partial charge in [0.2, 0.25) is 0 Å². The summed E-state index contributed by atoms with van der Waals surface area (Å²) in [6.45, 7) is 0.441. The predicted molar refractivity (Wildman–Crippen MR) is 93.0 cm³/mol. The quantitative estimate of drug-likeness (QED) is 0.523. The van der Waals surface area contributed by atoms with Crippen molar-refractivity contribution < 1.29 is 14.3 Å². The van der Waals surface area contributed by atoms with Crippen molar-refractivity contribution in [2.75, 3.05) is 6.54 Å². The minimum Gasteiger partial charge on any atom is -0.445 e. The number of allylic oxidation sites excluding steroid dienone is 1. The monoisotopic (exact) mass is 319 g/mol. The number of rotatable bonds is 5. The molecule has 0 saturated heterocycles. The summed E-state index contributed by atoms with van der Waals surface area (Å²) in [5.74, 6) is 5.80. The van der Waals surface area contributed by atoms with Crippen LogP contribution >= 0.6 is 0 Å². The molecule has 0 bridgehead atoms. The van der Waals surface area contributed by atoms with E-state index in [0.29, 0.717) is 0 Å². The standard InChI is InChI=1S/C20H17NO3/c22-15-5-9-18-12-10-17(11-13-18)8-4-14-21-20(23)24-16-19-6-2-1-3-7-19/h1-3,5-7,9-13,15H,14,16H2,(H,21,23)/b9-5+. The Morgan fingerprint density at radius 3 is 2.54 bits per heavy atom. The van der Waals surface area contributed by atoms with E-state index in [4.69, 9.17) is 4.74 Å². The Kier molecular flexibility index (Phi) is 6.85. The van der Waals surface area contributed by atoms with Crippen LogP contribution < -0.4 is 5.32 Å². The molecular formula is C20H17NO3. The minimum absolute atomic E-state index is 0.209. The Morgan fingerprint density at radius 2 is 1.83 bits per heavy atom. The van der Waals surface area contributed by atoms with E-state index in [1.54, 1.807) is 6.08 Å². The van der Waals surface area contributed by atoms with Crippen LogP contribution in [0.1, 0.15) is 16.7 Å². The predicted octanol–water partition coefficient (Wildman–Crippen LogP) is 3.18. The highest BCUT2D eigenvalue weighted by molar-refractivity contribution is 5.73. The molecule has 0 aliphatic carbocycles. The third kappa shape index (κ3) is 6.20. The Bertz CT molecular complexity index is 753. The first-order chi connectivity index (χ1) is 11.8. The summed E-state index contributed by atoms with van der Waals surface area (Å²) in [5.41, 5.74) is 2.69. The summed E-state index contributed by atoms with van der Waals surface area (Å²) in [7, 11) is 0. The van der Waals surface area contributed by atoms with Gasteiger partial charge in [0.15, 0.2) is 0 Å². The molecule has 0 heterocycles. The Balaban J connectivity index is 1.73. The second-order valence-corrected chi connectivity index (χ2v) is 4.83. The van der Waals surface area contributed by atoms with E-state index in [9.17, 15) is 9.59 Å². The lowest BCUT2D eigenvalue weighted by atomic mass is 10.1. The van der Waals surface area contributed by atoms with E-state index in [-0.39, 0.29) is 13.2 Å². The third-order valence-corrected chi connectivity index (χ3v) is 3.04. The number of ether oxygens (including phenoxy) is 1. The minimum atomic E-state index is -0.498. The van der Waals surface area contributed by atoms with E-state index in [1.165, 1.54) is 6.08 Å². The number of carbonyl (C=O) groups excluding carboxylic acids is 2. The fraction of sp³-hybridized carbons (Fsp3) is 0.100. The first-order valence-corrected chi connectivity index (χ1v) is 7.43. The second kappa shape index (κ2) is 9.65. The lowest BCUT2D eigenvalue weighted by Crippen LogP contribution is -2.24. The van der Waals surface area contributed by atoms with Crippen molar-refractivity contribution in [3.8, 4) is 11.8 Å². The van der Waals surface area contributed by atoms with Gasteiger partial charge in [0.05, 0.1) is 6.54 Å². The Morgan fingerprint density at radius 1 is 1.08 bits per heavy atom. The largest absolute Gasteiger partial charge is 0.445 e. The van der Waals surface area contributed by atoms with E-state index >= 15 is 0 Å². The fourth-order valence-electron chi connectivity index (χ4n) is 1.86. The maximum Gasteiger partial charge on any atom is 0.408 e. The zero-order chi connectivity index (χ0) is 17.0. The van der Waals surface area contributed by atoms with Crippen LogP contribution in [0.25, 0.3) is 6.08 Å². The van der Waals surface area contributed by atoms with E-state index in [0.717, 1.165) is 23.0 Å². The van der Waals surface area contributed by atoms with Crippen LogP contribution in [0.3, 0.4) is 0 Å². The van der Waals surface area contributed by atoms with Crippen LogP contribution in [0.5, 0.6) is 0 Å². The van der Waals surface area contributed by atoms with Gasteiger partial charge in [-0.1, -0.05) is 60.4 Å². The summed E-state index contributed by atoms with van der Waals surface area (Å²) in [6.07, 6.45) is 3.39. The Hall–Kier alpha value is -3.32. The number of benzene rings is 2. The second-order valence-electron chi connectivity index (χ2n) is 4.83. The maximum atomic E-state index is 11.5. The van der Waals surface area contributed by atoms with Crippen LogP contribution in [0, 0.1) is 11.8 Å². The van der Waals surface area contributed by atoms with E-state index in [1.807, 2.05) is 54.6 Å². The van der Waals surface area contributed by atoms with Gasteiger partial charge in [-0.3, -0.25) is 4.79 Å². The van der Waals surface area contributed by atoms with Gasteiger partial charge in [-0.2, -0.15) is 0 Å². The number of aldehydes is 1. The first-order valence-electron chi connectivity index (χ1n) is 7.43. The van der Waals surface area contributed by atoms with Crippen molar-refractivity contribution >= 4 is 18.5 Å². The summed E-state index contributed by atoms with van der Waals surface area (Å²) < 4.78 is 5.08. The normalized spacial score (nSPS) is 9.83. The van der Waals surface area contributed by atoms with Gasteiger partial charge in [-0.05, 0) is 29.3 Å². The third-order valence-electron chi connectivity index (χ3n) is 3.04. The number of amides is 1. The molecule has 4 nitrogen and oxygen atoms in total. The zero-order valence-electron chi connectivity index (χ0n) is 13.1. The highest BCUT2D eigenvalue weighted by Crippen LogP contribution is 2.04. The molecule has 0 spiro atoms. The Labute approximate surface area is 141 Å². The molecule has 0 unspecified atom stereocenters. The molecule has 1 amide bonds. The van der Waals surface area contributed by atoms with Crippen LogP contribution in [-0.4, -0.2) is 18.9 Å². The van der Waals surface area contributed by atoms with Gasteiger partial charge in [-0.15, -0.1) is 0 Å². The van der Waals surface area contributed by atoms with Crippen molar-refractivity contribution in [3.05, 3.63) is 77.4 Å². The molecule has 0 aromatic heterocycles. The molecule has 0 aliphatic rings. The molecule has 2 aromatic carbocycles. The molecule has 0 aliphatic heterocycles. The van der Waals surface area contributed by atoms with Crippen LogP contribution in [0.4, 0.5) is 4.79 Å². The highest BCUT2D eigenvalue weighted by atomic mass is 16.5. The molecule has 4 heteroatoms. The maximum absolute atomic E-state index is 11.5. The lowest BCUT2D eigenvalue weighted by molar-refractivity contribution is -0.104. The molecule has 2 aromatic rings. The number of nitrogens with one attached hydrogen (secondary N) is 1. The number of alkyl carbamates (subject to hydrolysis) is 1. The average Bonchev–Trinajstić information content (AvgIpc) is 2.63. The molecule has 24 heavy (non-hydrogen) atoms. The molecule has 120 valence electrons. The van der Waals surface area contributed by atoms with Crippen molar-refractivity contribution in [2.45, 2.75) is 6.61 Å². The molecular weight excluding hydrogens is 302 g/mol. The van der Waals surface area contributed by atoms with Gasteiger partial charge in [-0.25, -0.2) is 4.79 Å². The van der Waals surface area contributed by atoms with Crippen molar-refractivity contribution in [2.24, 2.45) is 0 Å². The summed E-state index contributed by atoms with van der Waals surface area (Å²) in [6, 6.07) is 16.9.